The van der Waals surface area contributed by atoms with Crippen LogP contribution in [-0.2, 0) is 12.8 Å². The number of carboxylic acid groups (broad SMARTS) is 1. The van der Waals surface area contributed by atoms with Gasteiger partial charge >= 0.3 is 5.97 Å². The van der Waals surface area contributed by atoms with Gasteiger partial charge in [-0.15, -0.1) is 0 Å². The van der Waals surface area contributed by atoms with Gasteiger partial charge in [-0.25, -0.2) is 14.5 Å². The van der Waals surface area contributed by atoms with E-state index >= 15 is 0 Å². The summed E-state index contributed by atoms with van der Waals surface area (Å²) in [7, 11) is 0. The first-order chi connectivity index (χ1) is 9.06. The van der Waals surface area contributed by atoms with Crippen molar-refractivity contribution in [3.05, 3.63) is 39.8 Å². The second kappa shape index (κ2) is 5.52. The molecule has 0 spiro atoms. The first-order valence-electron chi connectivity index (χ1n) is 6.03. The summed E-state index contributed by atoms with van der Waals surface area (Å²) in [6, 6.07) is 3.52. The maximum atomic E-state index is 11.3. The molecule has 0 aliphatic rings. The average molecular weight is 324 g/mol. The van der Waals surface area contributed by atoms with Crippen LogP contribution in [0.4, 0.5) is 0 Å². The number of rotatable bonds is 4. The monoisotopic (exact) mass is 323 g/mol. The molecule has 0 radical (unpaired) electrons. The van der Waals surface area contributed by atoms with E-state index in [2.05, 4.69) is 26.0 Å². The lowest BCUT2D eigenvalue weighted by molar-refractivity contribution is 0.0696. The van der Waals surface area contributed by atoms with Crippen molar-refractivity contribution in [2.75, 3.05) is 0 Å². The van der Waals surface area contributed by atoms with Crippen LogP contribution < -0.4 is 0 Å². The largest absolute Gasteiger partial charge is 0.478 e. The van der Waals surface area contributed by atoms with E-state index in [4.69, 9.17) is 0 Å². The van der Waals surface area contributed by atoms with E-state index in [1.54, 1.807) is 10.9 Å². The van der Waals surface area contributed by atoms with Crippen molar-refractivity contribution >= 4 is 21.9 Å². The summed E-state index contributed by atoms with van der Waals surface area (Å²) in [5.41, 5.74) is 2.02. The topological polar surface area (TPSA) is 68.0 Å². The average Bonchev–Trinajstić information content (AvgIpc) is 2.81. The van der Waals surface area contributed by atoms with Crippen LogP contribution in [-0.4, -0.2) is 25.8 Å². The van der Waals surface area contributed by atoms with Gasteiger partial charge in [0.15, 0.2) is 5.82 Å². The van der Waals surface area contributed by atoms with Crippen molar-refractivity contribution in [1.29, 1.82) is 0 Å². The minimum absolute atomic E-state index is 0.134. The molecule has 0 bridgehead atoms. The van der Waals surface area contributed by atoms with Crippen molar-refractivity contribution in [2.45, 2.75) is 26.7 Å². The molecule has 5 nitrogen and oxygen atoms in total. The van der Waals surface area contributed by atoms with Crippen LogP contribution in [0.2, 0.25) is 0 Å². The zero-order valence-corrected chi connectivity index (χ0v) is 12.3. The van der Waals surface area contributed by atoms with Crippen molar-refractivity contribution in [3.63, 3.8) is 0 Å². The zero-order chi connectivity index (χ0) is 14.0. The molecule has 1 N–H and O–H groups in total. The van der Waals surface area contributed by atoms with Crippen LogP contribution in [0.3, 0.4) is 0 Å². The van der Waals surface area contributed by atoms with E-state index in [1.165, 1.54) is 6.07 Å². The minimum Gasteiger partial charge on any atom is -0.478 e. The van der Waals surface area contributed by atoms with Gasteiger partial charge in [0.05, 0.1) is 5.69 Å². The molecular formula is C13H14BrN3O2. The highest BCUT2D eigenvalue weighted by molar-refractivity contribution is 9.10. The molecule has 0 aliphatic carbocycles. The van der Waals surface area contributed by atoms with E-state index in [0.29, 0.717) is 10.3 Å². The summed E-state index contributed by atoms with van der Waals surface area (Å²) in [4.78, 5) is 15.5. The van der Waals surface area contributed by atoms with Gasteiger partial charge in [-0.3, -0.25) is 0 Å². The number of nitrogens with zero attached hydrogens (tertiary/aromatic N) is 3. The lowest BCUT2D eigenvalue weighted by Gasteiger charge is -2.08. The van der Waals surface area contributed by atoms with Gasteiger partial charge in [-0.2, -0.15) is 5.10 Å². The number of aromatic carboxylic acids is 1. The van der Waals surface area contributed by atoms with Gasteiger partial charge in [-0.05, 0) is 40.9 Å². The standard InChI is InChI=1S/C13H14BrN3O2/c1-3-9-6-10(4-2)17(16-9)12-11(13(18)19)5-8(14)7-15-12/h5-7H,3-4H2,1-2H3,(H,18,19). The second-order valence-corrected chi connectivity index (χ2v) is 4.99. The van der Waals surface area contributed by atoms with Gasteiger partial charge in [0.2, 0.25) is 0 Å². The Morgan fingerprint density at radius 1 is 1.37 bits per heavy atom. The number of hydrogen-bond acceptors (Lipinski definition) is 3. The van der Waals surface area contributed by atoms with Crippen LogP contribution >= 0.6 is 15.9 Å². The zero-order valence-electron chi connectivity index (χ0n) is 10.7. The van der Waals surface area contributed by atoms with Crippen LogP contribution in [0, 0.1) is 0 Å². The van der Waals surface area contributed by atoms with Gasteiger partial charge in [-0.1, -0.05) is 13.8 Å². The third-order valence-corrected chi connectivity index (χ3v) is 3.26. The van der Waals surface area contributed by atoms with Crippen molar-refractivity contribution in [3.8, 4) is 5.82 Å². The van der Waals surface area contributed by atoms with Crippen LogP contribution in [0.25, 0.3) is 5.82 Å². The minimum atomic E-state index is -1.01. The van der Waals surface area contributed by atoms with E-state index in [-0.39, 0.29) is 5.56 Å². The molecule has 0 aliphatic heterocycles. The smallest absolute Gasteiger partial charge is 0.339 e. The molecule has 0 amide bonds. The molecule has 0 saturated carbocycles. The predicted octanol–water partition coefficient (Wildman–Crippen LogP) is 2.85. The summed E-state index contributed by atoms with van der Waals surface area (Å²) in [6.45, 7) is 4.02. The Hall–Kier alpha value is -1.69. The Balaban J connectivity index is 2.64. The normalized spacial score (nSPS) is 10.7. The van der Waals surface area contributed by atoms with Crippen molar-refractivity contribution in [2.24, 2.45) is 0 Å². The summed E-state index contributed by atoms with van der Waals surface area (Å²) in [6.07, 6.45) is 3.15. The summed E-state index contributed by atoms with van der Waals surface area (Å²) in [5.74, 6) is -0.661. The highest BCUT2D eigenvalue weighted by atomic mass is 79.9. The summed E-state index contributed by atoms with van der Waals surface area (Å²) >= 11 is 3.24. The van der Waals surface area contributed by atoms with Crippen LogP contribution in [0.1, 0.15) is 35.6 Å². The molecule has 0 aromatic carbocycles. The molecule has 2 aromatic heterocycles. The van der Waals surface area contributed by atoms with E-state index in [9.17, 15) is 9.90 Å². The second-order valence-electron chi connectivity index (χ2n) is 4.08. The molecule has 0 fully saturated rings. The molecule has 19 heavy (non-hydrogen) atoms. The Labute approximate surface area is 119 Å². The summed E-state index contributed by atoms with van der Waals surface area (Å²) < 4.78 is 2.25. The third-order valence-electron chi connectivity index (χ3n) is 2.82. The molecule has 0 saturated heterocycles. The number of pyridine rings is 1. The lowest BCUT2D eigenvalue weighted by atomic mass is 10.2. The molecule has 2 heterocycles. The molecular weight excluding hydrogens is 310 g/mol. The Morgan fingerprint density at radius 3 is 2.68 bits per heavy atom. The lowest BCUT2D eigenvalue weighted by Crippen LogP contribution is -2.11. The maximum Gasteiger partial charge on any atom is 0.339 e. The van der Waals surface area contributed by atoms with E-state index < -0.39 is 5.97 Å². The number of halogens is 1. The number of carbonyl (C=O) groups is 1. The quantitative estimate of drug-likeness (QED) is 0.939. The maximum absolute atomic E-state index is 11.3. The summed E-state index contributed by atoms with van der Waals surface area (Å²) in [5, 5.41) is 13.7. The third kappa shape index (κ3) is 2.68. The Morgan fingerprint density at radius 2 is 2.11 bits per heavy atom. The van der Waals surface area contributed by atoms with Gasteiger partial charge in [0.25, 0.3) is 0 Å². The van der Waals surface area contributed by atoms with E-state index in [0.717, 1.165) is 24.2 Å². The predicted molar refractivity (Wildman–Crippen MR) is 74.8 cm³/mol. The highest BCUT2D eigenvalue weighted by Crippen LogP contribution is 2.20. The number of aryl methyl sites for hydroxylation is 2. The molecule has 2 aromatic rings. The SMILES string of the molecule is CCc1cc(CC)n(-c2ncc(Br)cc2C(=O)O)n1. The van der Waals surface area contributed by atoms with Crippen LogP contribution in [0.5, 0.6) is 0 Å². The number of carboxylic acids is 1. The van der Waals surface area contributed by atoms with Crippen LogP contribution in [0.15, 0.2) is 22.8 Å². The molecule has 0 atom stereocenters. The van der Waals surface area contributed by atoms with Gasteiger partial charge in [0, 0.05) is 16.4 Å². The molecule has 100 valence electrons. The molecule has 0 unspecified atom stereocenters. The number of aromatic nitrogens is 3. The molecule has 6 heteroatoms. The first-order valence-corrected chi connectivity index (χ1v) is 6.83. The van der Waals surface area contributed by atoms with E-state index in [1.807, 2.05) is 19.9 Å². The first kappa shape index (κ1) is 13.7. The Kier molecular flexibility index (Phi) is 3.99. The number of hydrogen-bond donors (Lipinski definition) is 1. The fraction of sp³-hybridized carbons (Fsp3) is 0.308. The fourth-order valence-electron chi connectivity index (χ4n) is 1.84. The van der Waals surface area contributed by atoms with Crippen molar-refractivity contribution < 1.29 is 9.90 Å². The Bertz CT molecular complexity index is 622. The van der Waals surface area contributed by atoms with Crippen molar-refractivity contribution in [1.82, 2.24) is 14.8 Å². The highest BCUT2D eigenvalue weighted by Gasteiger charge is 2.17. The fourth-order valence-corrected chi connectivity index (χ4v) is 2.17. The van der Waals surface area contributed by atoms with Gasteiger partial charge in [0.1, 0.15) is 5.56 Å². The molecule has 2 rings (SSSR count). The van der Waals surface area contributed by atoms with Gasteiger partial charge < -0.3 is 5.11 Å².